The van der Waals surface area contributed by atoms with Crippen molar-refractivity contribution in [1.29, 1.82) is 0 Å². The van der Waals surface area contributed by atoms with Crippen molar-refractivity contribution in [2.75, 3.05) is 6.54 Å². The van der Waals surface area contributed by atoms with E-state index in [1.807, 2.05) is 0 Å². The number of ether oxygens (including phenoxy) is 1. The molecule has 0 spiro atoms. The third-order valence-corrected chi connectivity index (χ3v) is 6.31. The monoisotopic (exact) mass is 491 g/mol. The van der Waals surface area contributed by atoms with Gasteiger partial charge >= 0.3 is 0 Å². The fourth-order valence-electron chi connectivity index (χ4n) is 4.41. The summed E-state index contributed by atoms with van der Waals surface area (Å²) in [6.45, 7) is 0.304. The average Bonchev–Trinajstić information content (AvgIpc) is 3.12. The first-order valence-electron chi connectivity index (χ1n) is 11.5. The summed E-state index contributed by atoms with van der Waals surface area (Å²) in [6.07, 6.45) is 0.879. The number of carbonyl (C=O) groups excluding carboxylic acids is 4. The Labute approximate surface area is 206 Å². The minimum absolute atomic E-state index is 0.0212. The van der Waals surface area contributed by atoms with Crippen LogP contribution in [0.1, 0.15) is 39.1 Å². The largest absolute Gasteiger partial charge is 0.464 e. The third kappa shape index (κ3) is 5.38. The summed E-state index contributed by atoms with van der Waals surface area (Å²) in [5, 5.41) is 0. The van der Waals surface area contributed by atoms with Crippen molar-refractivity contribution in [2.24, 2.45) is 5.92 Å². The average molecular weight is 491 g/mol. The standard InChI is InChI=1S/C28H23F2NO5/c29-22-13-21(14-23(30)15-22)19-8-5-18(6-9-19)7-10-26(36-17-33)20(16-32)11-12-31-27(34)24-3-1-2-4-25(24)28(31)35/h1-6,8-9,13-17,20,26H,7,10-12H2/t20-,26+/m0/s1. The molecule has 0 aromatic heterocycles. The van der Waals surface area contributed by atoms with E-state index in [1.165, 1.54) is 12.1 Å². The van der Waals surface area contributed by atoms with Crippen LogP contribution in [-0.2, 0) is 20.7 Å². The molecule has 1 aliphatic heterocycles. The predicted octanol–water partition coefficient (Wildman–Crippen LogP) is 4.61. The smallest absolute Gasteiger partial charge is 0.293 e. The van der Waals surface area contributed by atoms with Crippen molar-refractivity contribution in [3.05, 3.63) is 95.1 Å². The quantitative estimate of drug-likeness (QED) is 0.289. The van der Waals surface area contributed by atoms with Crippen molar-refractivity contribution < 1.29 is 32.7 Å². The molecule has 0 saturated heterocycles. The second kappa shape index (κ2) is 11.0. The molecule has 3 aromatic rings. The van der Waals surface area contributed by atoms with E-state index in [4.69, 9.17) is 4.74 Å². The highest BCUT2D eigenvalue weighted by Crippen LogP contribution is 2.26. The van der Waals surface area contributed by atoms with Gasteiger partial charge in [-0.05, 0) is 60.2 Å². The van der Waals surface area contributed by atoms with E-state index in [2.05, 4.69) is 0 Å². The minimum Gasteiger partial charge on any atom is -0.464 e. The van der Waals surface area contributed by atoms with E-state index in [0.717, 1.165) is 16.5 Å². The molecule has 0 radical (unpaired) electrons. The van der Waals surface area contributed by atoms with Crippen LogP contribution in [0.15, 0.2) is 66.7 Å². The molecule has 36 heavy (non-hydrogen) atoms. The molecule has 6 nitrogen and oxygen atoms in total. The van der Waals surface area contributed by atoms with Gasteiger partial charge in [0.05, 0.1) is 17.0 Å². The molecule has 1 heterocycles. The molecule has 4 rings (SSSR count). The van der Waals surface area contributed by atoms with Gasteiger partial charge in [-0.2, -0.15) is 0 Å². The normalized spacial score (nSPS) is 14.3. The van der Waals surface area contributed by atoms with Crippen LogP contribution in [0.25, 0.3) is 11.1 Å². The number of amides is 2. The topological polar surface area (TPSA) is 80.8 Å². The molecule has 2 amide bonds. The number of hydrogen-bond donors (Lipinski definition) is 0. The number of imide groups is 1. The zero-order chi connectivity index (χ0) is 25.7. The maximum atomic E-state index is 13.5. The highest BCUT2D eigenvalue weighted by atomic mass is 19.1. The summed E-state index contributed by atoms with van der Waals surface area (Å²) in [7, 11) is 0. The number of carbonyl (C=O) groups is 4. The van der Waals surface area contributed by atoms with Crippen molar-refractivity contribution in [3.63, 3.8) is 0 Å². The van der Waals surface area contributed by atoms with Crippen molar-refractivity contribution >= 4 is 24.6 Å². The molecule has 0 N–H and O–H groups in total. The molecule has 0 fully saturated rings. The molecule has 1 aliphatic rings. The highest BCUT2D eigenvalue weighted by Gasteiger charge is 2.35. The van der Waals surface area contributed by atoms with Crippen LogP contribution >= 0.6 is 0 Å². The van der Waals surface area contributed by atoms with E-state index in [0.29, 0.717) is 41.4 Å². The lowest BCUT2D eigenvalue weighted by Gasteiger charge is -2.23. The van der Waals surface area contributed by atoms with Gasteiger partial charge < -0.3 is 9.53 Å². The van der Waals surface area contributed by atoms with Crippen LogP contribution in [0.3, 0.4) is 0 Å². The van der Waals surface area contributed by atoms with Gasteiger partial charge in [0.1, 0.15) is 24.0 Å². The third-order valence-electron chi connectivity index (χ3n) is 6.31. The summed E-state index contributed by atoms with van der Waals surface area (Å²) in [4.78, 5) is 49.2. The van der Waals surface area contributed by atoms with Crippen LogP contribution in [0.4, 0.5) is 8.78 Å². The molecule has 0 saturated carbocycles. The lowest BCUT2D eigenvalue weighted by atomic mass is 9.93. The Hall–Kier alpha value is -4.20. The molecule has 0 bridgehead atoms. The van der Waals surface area contributed by atoms with Crippen LogP contribution in [-0.4, -0.2) is 42.1 Å². The summed E-state index contributed by atoms with van der Waals surface area (Å²) < 4.78 is 32.2. The second-order valence-electron chi connectivity index (χ2n) is 8.56. The first-order valence-corrected chi connectivity index (χ1v) is 11.5. The number of halogens is 2. The zero-order valence-electron chi connectivity index (χ0n) is 19.2. The highest BCUT2D eigenvalue weighted by molar-refractivity contribution is 6.21. The number of rotatable bonds is 11. The van der Waals surface area contributed by atoms with Crippen molar-refractivity contribution in [3.8, 4) is 11.1 Å². The van der Waals surface area contributed by atoms with E-state index in [1.54, 1.807) is 48.5 Å². The van der Waals surface area contributed by atoms with Gasteiger partial charge in [-0.3, -0.25) is 19.3 Å². The van der Waals surface area contributed by atoms with Crippen LogP contribution in [0.2, 0.25) is 0 Å². The fraction of sp³-hybridized carbons (Fsp3) is 0.214. The molecule has 3 aromatic carbocycles. The Morgan fingerprint density at radius 1 is 0.806 bits per heavy atom. The Morgan fingerprint density at radius 3 is 1.97 bits per heavy atom. The molecule has 8 heteroatoms. The van der Waals surface area contributed by atoms with Gasteiger partial charge in [-0.15, -0.1) is 0 Å². The van der Waals surface area contributed by atoms with Gasteiger partial charge in [0, 0.05) is 12.6 Å². The van der Waals surface area contributed by atoms with E-state index >= 15 is 0 Å². The van der Waals surface area contributed by atoms with E-state index in [9.17, 15) is 28.0 Å². The number of fused-ring (bicyclic) bond motifs is 1. The molecular formula is C28H23F2NO5. The summed E-state index contributed by atoms with van der Waals surface area (Å²) in [6, 6.07) is 16.9. The fourth-order valence-corrected chi connectivity index (χ4v) is 4.41. The van der Waals surface area contributed by atoms with Crippen LogP contribution in [0, 0.1) is 17.6 Å². The SMILES string of the molecule is O=CO[C@H](CCc1ccc(-c2cc(F)cc(F)c2)cc1)[C@H](C=O)CCN1C(=O)c2ccccc2C1=O. The molecule has 0 aliphatic carbocycles. The second-order valence-corrected chi connectivity index (χ2v) is 8.56. The molecule has 184 valence electrons. The van der Waals surface area contributed by atoms with Gasteiger partial charge in [-0.1, -0.05) is 36.4 Å². The summed E-state index contributed by atoms with van der Waals surface area (Å²) >= 11 is 0. The Balaban J connectivity index is 1.38. The Kier molecular flexibility index (Phi) is 7.63. The number of benzene rings is 3. The van der Waals surface area contributed by atoms with Crippen LogP contribution in [0.5, 0.6) is 0 Å². The summed E-state index contributed by atoms with van der Waals surface area (Å²) in [5.74, 6) is -2.86. The van der Waals surface area contributed by atoms with Gasteiger partial charge in [-0.25, -0.2) is 8.78 Å². The Bertz CT molecular complexity index is 1240. The lowest BCUT2D eigenvalue weighted by Crippen LogP contribution is -2.35. The zero-order valence-corrected chi connectivity index (χ0v) is 19.2. The number of hydrogen-bond acceptors (Lipinski definition) is 5. The summed E-state index contributed by atoms with van der Waals surface area (Å²) in [5.41, 5.74) is 2.59. The van der Waals surface area contributed by atoms with Gasteiger partial charge in [0.2, 0.25) is 0 Å². The van der Waals surface area contributed by atoms with Gasteiger partial charge in [0.25, 0.3) is 18.3 Å². The number of aryl methyl sites for hydroxylation is 1. The van der Waals surface area contributed by atoms with Gasteiger partial charge in [0.15, 0.2) is 0 Å². The van der Waals surface area contributed by atoms with Crippen LogP contribution < -0.4 is 0 Å². The van der Waals surface area contributed by atoms with Crippen molar-refractivity contribution in [1.82, 2.24) is 4.90 Å². The minimum atomic E-state index is -0.743. The first-order chi connectivity index (χ1) is 17.4. The number of nitrogens with zero attached hydrogens (tertiary/aromatic N) is 1. The predicted molar refractivity (Wildman–Crippen MR) is 127 cm³/mol. The van der Waals surface area contributed by atoms with E-state index < -0.39 is 35.5 Å². The maximum absolute atomic E-state index is 13.5. The first kappa shape index (κ1) is 24.9. The maximum Gasteiger partial charge on any atom is 0.293 e. The molecule has 0 unspecified atom stereocenters. The number of aldehydes is 1. The molecular weight excluding hydrogens is 468 g/mol. The van der Waals surface area contributed by atoms with Crippen molar-refractivity contribution in [2.45, 2.75) is 25.4 Å². The molecule has 2 atom stereocenters. The lowest BCUT2D eigenvalue weighted by molar-refractivity contribution is -0.138. The Morgan fingerprint density at radius 2 is 1.42 bits per heavy atom. The van der Waals surface area contributed by atoms with E-state index in [-0.39, 0.29) is 19.4 Å².